The predicted octanol–water partition coefficient (Wildman–Crippen LogP) is 2.89. The van der Waals surface area contributed by atoms with E-state index in [-0.39, 0.29) is 6.10 Å². The van der Waals surface area contributed by atoms with Crippen LogP contribution in [0.2, 0.25) is 5.02 Å². The van der Waals surface area contributed by atoms with E-state index in [1.54, 1.807) is 0 Å². The van der Waals surface area contributed by atoms with Gasteiger partial charge in [-0.1, -0.05) is 30.7 Å². The Bertz CT molecular complexity index is 450. The molecule has 1 saturated heterocycles. The van der Waals surface area contributed by atoms with Gasteiger partial charge in [-0.05, 0) is 50.6 Å². The van der Waals surface area contributed by atoms with Crippen molar-refractivity contribution >= 4 is 11.6 Å². The van der Waals surface area contributed by atoms with Crippen LogP contribution in [0.15, 0.2) is 18.2 Å². The van der Waals surface area contributed by atoms with Crippen LogP contribution in [0.25, 0.3) is 0 Å². The topological polar surface area (TPSA) is 24.5 Å². The highest BCUT2D eigenvalue weighted by molar-refractivity contribution is 6.31. The molecular weight excluding hydrogens is 284 g/mol. The van der Waals surface area contributed by atoms with Crippen LogP contribution < -0.4 is 5.32 Å². The van der Waals surface area contributed by atoms with E-state index < -0.39 is 0 Å². The molecule has 0 bridgehead atoms. The number of halogens is 1. The van der Waals surface area contributed by atoms with Gasteiger partial charge < -0.3 is 10.1 Å². The fourth-order valence-corrected chi connectivity index (χ4v) is 3.28. The molecule has 0 saturated carbocycles. The molecule has 0 aromatic heterocycles. The van der Waals surface area contributed by atoms with Gasteiger partial charge >= 0.3 is 0 Å². The zero-order valence-corrected chi connectivity index (χ0v) is 14.1. The van der Waals surface area contributed by atoms with Crippen LogP contribution in [0.1, 0.15) is 24.5 Å². The Morgan fingerprint density at radius 2 is 2.29 bits per heavy atom. The molecule has 0 amide bonds. The van der Waals surface area contributed by atoms with Crippen molar-refractivity contribution in [2.24, 2.45) is 0 Å². The summed E-state index contributed by atoms with van der Waals surface area (Å²) >= 11 is 6.37. The second kappa shape index (κ2) is 8.14. The molecule has 3 nitrogen and oxygen atoms in total. The lowest BCUT2D eigenvalue weighted by atomic mass is 9.99. The number of aryl methyl sites for hydroxylation is 1. The SMILES string of the molecule is CCCN1CCOC(C(Cc2ccc(C)cc2Cl)NC)C1. The molecule has 1 aromatic carbocycles. The molecule has 2 rings (SSSR count). The third-order valence-electron chi connectivity index (χ3n) is 4.19. The van der Waals surface area contributed by atoms with Crippen molar-refractivity contribution in [3.63, 3.8) is 0 Å². The Kier molecular flexibility index (Phi) is 6.49. The van der Waals surface area contributed by atoms with E-state index in [1.165, 1.54) is 17.5 Å². The van der Waals surface area contributed by atoms with E-state index in [0.29, 0.717) is 6.04 Å². The molecule has 1 heterocycles. The number of nitrogens with one attached hydrogen (secondary N) is 1. The molecule has 118 valence electrons. The third kappa shape index (κ3) is 4.68. The number of hydrogen-bond donors (Lipinski definition) is 1. The lowest BCUT2D eigenvalue weighted by Gasteiger charge is -2.37. The summed E-state index contributed by atoms with van der Waals surface area (Å²) in [6.07, 6.45) is 2.33. The van der Waals surface area contributed by atoms with Crippen molar-refractivity contribution in [1.29, 1.82) is 0 Å². The molecule has 1 aliphatic rings. The molecule has 0 radical (unpaired) electrons. The highest BCUT2D eigenvalue weighted by atomic mass is 35.5. The minimum atomic E-state index is 0.229. The Balaban J connectivity index is 2.01. The zero-order valence-electron chi connectivity index (χ0n) is 13.4. The molecule has 21 heavy (non-hydrogen) atoms. The first-order valence-corrected chi connectivity index (χ1v) is 8.28. The van der Waals surface area contributed by atoms with Crippen molar-refractivity contribution in [1.82, 2.24) is 10.2 Å². The van der Waals surface area contributed by atoms with Crippen molar-refractivity contribution in [2.45, 2.75) is 38.8 Å². The molecule has 2 atom stereocenters. The fraction of sp³-hybridized carbons (Fsp3) is 0.647. The first-order valence-electron chi connectivity index (χ1n) is 7.90. The predicted molar refractivity (Wildman–Crippen MR) is 89.2 cm³/mol. The van der Waals surface area contributed by atoms with Gasteiger partial charge in [0.1, 0.15) is 0 Å². The normalized spacial score (nSPS) is 21.4. The Morgan fingerprint density at radius 3 is 2.95 bits per heavy atom. The van der Waals surface area contributed by atoms with E-state index in [4.69, 9.17) is 16.3 Å². The highest BCUT2D eigenvalue weighted by Crippen LogP contribution is 2.21. The number of hydrogen-bond acceptors (Lipinski definition) is 3. The zero-order chi connectivity index (χ0) is 15.2. The second-order valence-electron chi connectivity index (χ2n) is 5.90. The number of benzene rings is 1. The molecule has 4 heteroatoms. The maximum atomic E-state index is 6.37. The average molecular weight is 311 g/mol. The molecule has 2 unspecified atom stereocenters. The van der Waals surface area contributed by atoms with E-state index in [1.807, 2.05) is 13.1 Å². The van der Waals surface area contributed by atoms with Crippen molar-refractivity contribution < 1.29 is 4.74 Å². The fourth-order valence-electron chi connectivity index (χ4n) is 2.97. The average Bonchev–Trinajstić information content (AvgIpc) is 2.47. The molecule has 1 aromatic rings. The number of morpholine rings is 1. The van der Waals surface area contributed by atoms with Crippen molar-refractivity contribution in [2.75, 3.05) is 33.3 Å². The number of likely N-dealkylation sites (N-methyl/N-ethyl adjacent to an activating group) is 1. The summed E-state index contributed by atoms with van der Waals surface area (Å²) in [6.45, 7) is 8.32. The van der Waals surface area contributed by atoms with Gasteiger partial charge in [0, 0.05) is 24.2 Å². The lowest BCUT2D eigenvalue weighted by molar-refractivity contribution is -0.0450. The molecule has 0 spiro atoms. The Hall–Kier alpha value is -0.610. The van der Waals surface area contributed by atoms with E-state index in [9.17, 15) is 0 Å². The maximum Gasteiger partial charge on any atom is 0.0858 e. The first kappa shape index (κ1) is 16.8. The van der Waals surface area contributed by atoms with Crippen LogP contribution >= 0.6 is 11.6 Å². The van der Waals surface area contributed by atoms with Gasteiger partial charge in [0.25, 0.3) is 0 Å². The Morgan fingerprint density at radius 1 is 1.48 bits per heavy atom. The standard InChI is InChI=1S/C17H27ClN2O/c1-4-7-20-8-9-21-17(12-20)16(19-3)11-14-6-5-13(2)10-15(14)18/h5-6,10,16-17,19H,4,7-9,11-12H2,1-3H3. The number of rotatable bonds is 6. The summed E-state index contributed by atoms with van der Waals surface area (Å²) in [7, 11) is 2.01. The summed E-state index contributed by atoms with van der Waals surface area (Å²) in [6, 6.07) is 6.59. The quantitative estimate of drug-likeness (QED) is 0.874. The molecule has 1 aliphatic heterocycles. The van der Waals surface area contributed by atoms with Crippen molar-refractivity contribution in [3.05, 3.63) is 34.3 Å². The number of nitrogens with zero attached hydrogens (tertiary/aromatic N) is 1. The van der Waals surface area contributed by atoms with Gasteiger partial charge in [0.05, 0.1) is 12.7 Å². The monoisotopic (exact) mass is 310 g/mol. The van der Waals surface area contributed by atoms with Gasteiger partial charge in [0.2, 0.25) is 0 Å². The van der Waals surface area contributed by atoms with Gasteiger partial charge in [0.15, 0.2) is 0 Å². The summed E-state index contributed by atoms with van der Waals surface area (Å²) in [5.74, 6) is 0. The lowest BCUT2D eigenvalue weighted by Crippen LogP contribution is -2.52. The minimum Gasteiger partial charge on any atom is -0.374 e. The van der Waals surface area contributed by atoms with E-state index >= 15 is 0 Å². The van der Waals surface area contributed by atoms with Crippen molar-refractivity contribution in [3.8, 4) is 0 Å². The molecule has 1 fully saturated rings. The minimum absolute atomic E-state index is 0.229. The molecular formula is C17H27ClN2O. The van der Waals surface area contributed by atoms with Crippen LogP contribution in [0, 0.1) is 6.92 Å². The van der Waals surface area contributed by atoms with Crippen LogP contribution in [0.4, 0.5) is 0 Å². The molecule has 1 N–H and O–H groups in total. The van der Waals surface area contributed by atoms with Gasteiger partial charge in [-0.15, -0.1) is 0 Å². The van der Waals surface area contributed by atoms with Crippen LogP contribution in [0.3, 0.4) is 0 Å². The van der Waals surface area contributed by atoms with Gasteiger partial charge in [-0.3, -0.25) is 4.90 Å². The summed E-state index contributed by atoms with van der Waals surface area (Å²) in [4.78, 5) is 2.50. The van der Waals surface area contributed by atoms with Crippen LogP contribution in [-0.4, -0.2) is 50.3 Å². The molecule has 0 aliphatic carbocycles. The maximum absolute atomic E-state index is 6.37. The smallest absolute Gasteiger partial charge is 0.0858 e. The highest BCUT2D eigenvalue weighted by Gasteiger charge is 2.27. The number of ether oxygens (including phenoxy) is 1. The largest absolute Gasteiger partial charge is 0.374 e. The Labute approximate surface area is 133 Å². The second-order valence-corrected chi connectivity index (χ2v) is 6.31. The first-order chi connectivity index (χ1) is 10.1. The van der Waals surface area contributed by atoms with Gasteiger partial charge in [-0.25, -0.2) is 0 Å². The van der Waals surface area contributed by atoms with Crippen LogP contribution in [-0.2, 0) is 11.2 Å². The van der Waals surface area contributed by atoms with E-state index in [0.717, 1.165) is 37.7 Å². The summed E-state index contributed by atoms with van der Waals surface area (Å²) in [5, 5.41) is 4.27. The summed E-state index contributed by atoms with van der Waals surface area (Å²) < 4.78 is 6.00. The third-order valence-corrected chi connectivity index (χ3v) is 4.54. The van der Waals surface area contributed by atoms with Gasteiger partial charge in [-0.2, -0.15) is 0 Å². The summed E-state index contributed by atoms with van der Waals surface area (Å²) in [5.41, 5.74) is 2.39. The van der Waals surface area contributed by atoms with E-state index in [2.05, 4.69) is 36.2 Å². The van der Waals surface area contributed by atoms with Crippen LogP contribution in [0.5, 0.6) is 0 Å².